The van der Waals surface area contributed by atoms with E-state index in [-0.39, 0.29) is 48.1 Å². The Balaban J connectivity index is 1.75. The van der Waals surface area contributed by atoms with E-state index in [1.54, 1.807) is 0 Å². The maximum Gasteiger partial charge on any atom is 0.333 e. The molecular weight excluding hydrogens is 376 g/mol. The summed E-state index contributed by atoms with van der Waals surface area (Å²) in [4.78, 5) is 50.5. The van der Waals surface area contributed by atoms with Crippen molar-refractivity contribution in [1.29, 1.82) is 0 Å². The number of aliphatic hydroxyl groups is 1. The lowest BCUT2D eigenvalue weighted by molar-refractivity contribution is -0.127. The summed E-state index contributed by atoms with van der Waals surface area (Å²) in [5, 5.41) is 13.2. The van der Waals surface area contributed by atoms with Gasteiger partial charge in [-0.15, -0.1) is 0 Å². The van der Waals surface area contributed by atoms with Crippen LogP contribution in [0.2, 0.25) is 0 Å². The first kappa shape index (κ1) is 19.9. The van der Waals surface area contributed by atoms with Crippen LogP contribution >= 0.6 is 0 Å². The summed E-state index contributed by atoms with van der Waals surface area (Å²) >= 11 is 0. The molecule has 0 aromatic carbocycles. The van der Waals surface area contributed by atoms with Crippen molar-refractivity contribution in [2.24, 2.45) is 23.2 Å². The number of carbonyl (C=O) groups is 2. The summed E-state index contributed by atoms with van der Waals surface area (Å²) in [7, 11) is 0. The Bertz CT molecular complexity index is 996. The summed E-state index contributed by atoms with van der Waals surface area (Å²) in [6.07, 6.45) is 3.19. The first-order valence-electron chi connectivity index (χ1n) is 10.3. The summed E-state index contributed by atoms with van der Waals surface area (Å²) in [6, 6.07) is 0. The molecule has 1 amide bonds. The number of rotatable bonds is 6. The van der Waals surface area contributed by atoms with E-state index in [1.807, 2.05) is 6.92 Å². The largest absolute Gasteiger partial charge is 0.393 e. The Morgan fingerprint density at radius 2 is 1.97 bits per heavy atom. The molecule has 158 valence electrons. The number of ketones is 1. The standard InChI is InChI=1S/C20H28N4O5/c1-3-4-23-16(21)14(17(27)24(19(23)29)9-10(2)25)22-18(28)20-7-11-5-12(8-20)15(26)13(20)6-11/h11-13,15,26H,3-9,21H2,1-2H3,(H,22,28)/t11-,12?,13-,15?,20?/m1/s1. The third kappa shape index (κ3) is 2.86. The molecule has 4 saturated carbocycles. The van der Waals surface area contributed by atoms with Crippen LogP contribution in [-0.4, -0.2) is 32.0 Å². The molecule has 1 heterocycles. The number of aliphatic hydroxyl groups excluding tert-OH is 1. The van der Waals surface area contributed by atoms with E-state index < -0.39 is 22.8 Å². The molecule has 4 fully saturated rings. The highest BCUT2D eigenvalue weighted by molar-refractivity contribution is 5.98. The lowest BCUT2D eigenvalue weighted by atomic mass is 9.75. The summed E-state index contributed by atoms with van der Waals surface area (Å²) in [5.41, 5.74) is 3.85. The molecule has 5 atom stereocenters. The van der Waals surface area contributed by atoms with Crippen molar-refractivity contribution in [3.8, 4) is 0 Å². The number of amides is 1. The van der Waals surface area contributed by atoms with E-state index in [0.717, 1.165) is 17.4 Å². The number of nitrogens with zero attached hydrogens (tertiary/aromatic N) is 2. The number of Topliss-reactive ketones (excluding diaryl/α,β-unsaturated/α-hetero) is 1. The van der Waals surface area contributed by atoms with Crippen LogP contribution in [0.3, 0.4) is 0 Å². The Hall–Kier alpha value is -2.42. The van der Waals surface area contributed by atoms with E-state index in [1.165, 1.54) is 11.5 Å². The molecule has 3 unspecified atom stereocenters. The van der Waals surface area contributed by atoms with Crippen molar-refractivity contribution in [1.82, 2.24) is 9.13 Å². The first-order chi connectivity index (χ1) is 13.7. The number of aromatic nitrogens is 2. The average Bonchev–Trinajstić information content (AvgIpc) is 3.04. The van der Waals surface area contributed by atoms with Gasteiger partial charge in [0.2, 0.25) is 5.91 Å². The molecule has 5 rings (SSSR count). The average molecular weight is 404 g/mol. The van der Waals surface area contributed by atoms with E-state index in [2.05, 4.69) is 5.32 Å². The number of carbonyl (C=O) groups excluding carboxylic acids is 2. The maximum absolute atomic E-state index is 13.3. The molecule has 1 aromatic rings. The van der Waals surface area contributed by atoms with Crippen LogP contribution in [0.15, 0.2) is 9.59 Å². The topological polar surface area (TPSA) is 136 Å². The highest BCUT2D eigenvalue weighted by Gasteiger charge is 2.65. The zero-order chi connectivity index (χ0) is 21.1. The van der Waals surface area contributed by atoms with Crippen LogP contribution in [0.4, 0.5) is 11.5 Å². The van der Waals surface area contributed by atoms with Gasteiger partial charge < -0.3 is 16.2 Å². The van der Waals surface area contributed by atoms with Gasteiger partial charge in [0.1, 0.15) is 17.3 Å². The highest BCUT2D eigenvalue weighted by atomic mass is 16.3. The van der Waals surface area contributed by atoms with Crippen molar-refractivity contribution in [2.45, 2.75) is 65.1 Å². The number of nitrogens with one attached hydrogen (secondary N) is 1. The van der Waals surface area contributed by atoms with Gasteiger partial charge in [-0.05, 0) is 56.8 Å². The van der Waals surface area contributed by atoms with Gasteiger partial charge in [-0.1, -0.05) is 6.92 Å². The molecule has 1 aromatic heterocycles. The number of hydrogen-bond donors (Lipinski definition) is 3. The van der Waals surface area contributed by atoms with Gasteiger partial charge in [-0.2, -0.15) is 0 Å². The van der Waals surface area contributed by atoms with Crippen molar-refractivity contribution in [3.05, 3.63) is 20.8 Å². The molecule has 4 N–H and O–H groups in total. The highest BCUT2D eigenvalue weighted by Crippen LogP contribution is 2.65. The molecular formula is C20H28N4O5. The summed E-state index contributed by atoms with van der Waals surface area (Å²) < 4.78 is 2.06. The number of anilines is 2. The zero-order valence-electron chi connectivity index (χ0n) is 16.8. The fourth-order valence-corrected chi connectivity index (χ4v) is 6.01. The van der Waals surface area contributed by atoms with Crippen LogP contribution < -0.4 is 22.3 Å². The van der Waals surface area contributed by atoms with Gasteiger partial charge in [0, 0.05) is 6.54 Å². The quantitative estimate of drug-likeness (QED) is 0.625. The van der Waals surface area contributed by atoms with Crippen molar-refractivity contribution in [2.75, 3.05) is 11.1 Å². The maximum atomic E-state index is 13.3. The van der Waals surface area contributed by atoms with Crippen molar-refractivity contribution >= 4 is 23.2 Å². The molecule has 4 bridgehead atoms. The van der Waals surface area contributed by atoms with E-state index in [4.69, 9.17) is 5.73 Å². The second kappa shape index (κ2) is 6.83. The lowest BCUT2D eigenvalue weighted by Crippen LogP contribution is -2.46. The summed E-state index contributed by atoms with van der Waals surface area (Å²) in [6.45, 7) is 3.04. The SMILES string of the molecule is CCCn1c(N)c(NC(=O)C23CC4C[C@H](C[C@@H]2C4O)C3)c(=O)n(CC(C)=O)c1=O. The Morgan fingerprint density at radius 3 is 2.62 bits per heavy atom. The Morgan fingerprint density at radius 1 is 1.24 bits per heavy atom. The van der Waals surface area contributed by atoms with Crippen LogP contribution in [0, 0.1) is 23.2 Å². The lowest BCUT2D eigenvalue weighted by Gasteiger charge is -2.31. The number of nitrogens with two attached hydrogens (primary N) is 1. The van der Waals surface area contributed by atoms with Crippen molar-refractivity contribution in [3.63, 3.8) is 0 Å². The molecule has 0 saturated heterocycles. The minimum atomic E-state index is -0.766. The Kier molecular flexibility index (Phi) is 4.68. The molecule has 4 aliphatic rings. The molecule has 29 heavy (non-hydrogen) atoms. The van der Waals surface area contributed by atoms with Gasteiger partial charge >= 0.3 is 5.69 Å². The number of nitrogen functional groups attached to an aromatic ring is 1. The van der Waals surface area contributed by atoms with Gasteiger partial charge in [0.05, 0.1) is 18.1 Å². The predicted octanol–water partition coefficient (Wildman–Crippen LogP) is 0.327. The first-order valence-corrected chi connectivity index (χ1v) is 10.3. The third-order valence-corrected chi connectivity index (χ3v) is 7.09. The molecule has 9 heteroatoms. The fourth-order valence-electron chi connectivity index (χ4n) is 6.01. The van der Waals surface area contributed by atoms with Gasteiger partial charge in [-0.3, -0.25) is 23.5 Å². The third-order valence-electron chi connectivity index (χ3n) is 7.09. The Labute approximate surface area is 167 Å². The van der Waals surface area contributed by atoms with Crippen molar-refractivity contribution < 1.29 is 14.7 Å². The molecule has 9 nitrogen and oxygen atoms in total. The second-order valence-corrected chi connectivity index (χ2v) is 9.00. The van der Waals surface area contributed by atoms with Crippen LogP contribution in [-0.2, 0) is 22.7 Å². The van der Waals surface area contributed by atoms with Gasteiger partial charge in [-0.25, -0.2) is 4.79 Å². The fraction of sp³-hybridized carbons (Fsp3) is 0.700. The molecule has 0 spiro atoms. The molecule has 0 radical (unpaired) electrons. The monoisotopic (exact) mass is 404 g/mol. The van der Waals surface area contributed by atoms with Crippen LogP contribution in [0.1, 0.15) is 46.0 Å². The minimum absolute atomic E-state index is 0.0929. The minimum Gasteiger partial charge on any atom is -0.393 e. The number of hydrogen-bond acceptors (Lipinski definition) is 6. The molecule has 4 aliphatic carbocycles. The summed E-state index contributed by atoms with van der Waals surface area (Å²) in [5.74, 6) is -0.306. The molecule has 0 aliphatic heterocycles. The second-order valence-electron chi connectivity index (χ2n) is 9.00. The van der Waals surface area contributed by atoms with E-state index >= 15 is 0 Å². The van der Waals surface area contributed by atoms with E-state index in [9.17, 15) is 24.3 Å². The predicted molar refractivity (Wildman–Crippen MR) is 106 cm³/mol. The normalized spacial score (nSPS) is 32.0. The zero-order valence-corrected chi connectivity index (χ0v) is 16.8. The van der Waals surface area contributed by atoms with E-state index in [0.29, 0.717) is 25.2 Å². The van der Waals surface area contributed by atoms with Crippen LogP contribution in [0.5, 0.6) is 0 Å². The van der Waals surface area contributed by atoms with Gasteiger partial charge in [0.15, 0.2) is 0 Å². The van der Waals surface area contributed by atoms with Crippen LogP contribution in [0.25, 0.3) is 0 Å². The van der Waals surface area contributed by atoms with Gasteiger partial charge in [0.25, 0.3) is 5.56 Å². The smallest absolute Gasteiger partial charge is 0.333 e.